The normalized spacial score (nSPS) is 9.41. The van der Waals surface area contributed by atoms with Crippen LogP contribution >= 0.6 is 0 Å². The van der Waals surface area contributed by atoms with E-state index in [0.29, 0.717) is 13.1 Å². The first-order chi connectivity index (χ1) is 8.18. The first-order valence-electron chi connectivity index (χ1n) is 5.27. The number of carbonyl (C=O) groups is 2. The molecule has 17 heavy (non-hydrogen) atoms. The number of rotatable bonds is 6. The lowest BCUT2D eigenvalue weighted by atomic mass is 10.3. The van der Waals surface area contributed by atoms with Gasteiger partial charge >= 0.3 is 6.03 Å². The third kappa shape index (κ3) is 6.03. The molecular weight excluding hydrogens is 220 g/mol. The van der Waals surface area contributed by atoms with Crippen LogP contribution in [-0.2, 0) is 4.79 Å². The van der Waals surface area contributed by atoms with Gasteiger partial charge in [-0.05, 0) is 12.1 Å². The highest BCUT2D eigenvalue weighted by Gasteiger charge is 2.00. The quantitative estimate of drug-likeness (QED) is 0.519. The van der Waals surface area contributed by atoms with Crippen molar-refractivity contribution >= 4 is 17.6 Å². The van der Waals surface area contributed by atoms with E-state index in [4.69, 9.17) is 5.73 Å². The van der Waals surface area contributed by atoms with E-state index < -0.39 is 6.03 Å². The Bertz CT molecular complexity index is 367. The number of urea groups is 1. The zero-order chi connectivity index (χ0) is 12.5. The van der Waals surface area contributed by atoms with E-state index in [2.05, 4.69) is 16.0 Å². The summed E-state index contributed by atoms with van der Waals surface area (Å²) in [6.45, 7) is 0.880. The zero-order valence-electron chi connectivity index (χ0n) is 9.40. The van der Waals surface area contributed by atoms with Gasteiger partial charge in [0, 0.05) is 18.8 Å². The lowest BCUT2D eigenvalue weighted by Gasteiger charge is -2.07. The SMILES string of the molecule is NC(=O)NCCNC(=O)CNc1ccccc1. The Morgan fingerprint density at radius 2 is 1.71 bits per heavy atom. The third-order valence-electron chi connectivity index (χ3n) is 1.97. The molecule has 0 saturated carbocycles. The van der Waals surface area contributed by atoms with Gasteiger partial charge in [0.05, 0.1) is 6.54 Å². The van der Waals surface area contributed by atoms with Crippen molar-refractivity contribution in [1.82, 2.24) is 10.6 Å². The van der Waals surface area contributed by atoms with E-state index in [-0.39, 0.29) is 12.5 Å². The molecule has 0 aliphatic heterocycles. The molecule has 0 bridgehead atoms. The van der Waals surface area contributed by atoms with Crippen LogP contribution in [0.4, 0.5) is 10.5 Å². The number of nitrogens with one attached hydrogen (secondary N) is 3. The second kappa shape index (κ2) is 7.10. The van der Waals surface area contributed by atoms with Crippen LogP contribution in [0.25, 0.3) is 0 Å². The molecular formula is C11H16N4O2. The highest BCUT2D eigenvalue weighted by molar-refractivity contribution is 5.80. The molecule has 0 spiro atoms. The van der Waals surface area contributed by atoms with Crippen LogP contribution in [-0.4, -0.2) is 31.6 Å². The highest BCUT2D eigenvalue weighted by Crippen LogP contribution is 2.03. The summed E-state index contributed by atoms with van der Waals surface area (Å²) >= 11 is 0. The van der Waals surface area contributed by atoms with Crippen LogP contribution < -0.4 is 21.7 Å². The molecule has 0 unspecified atom stereocenters. The fraction of sp³-hybridized carbons (Fsp3) is 0.273. The molecule has 0 heterocycles. The average molecular weight is 236 g/mol. The summed E-state index contributed by atoms with van der Waals surface area (Å²) in [6.07, 6.45) is 0. The Balaban J connectivity index is 2.11. The fourth-order valence-electron chi connectivity index (χ4n) is 1.19. The summed E-state index contributed by atoms with van der Waals surface area (Å²) in [5.41, 5.74) is 5.76. The van der Waals surface area contributed by atoms with Gasteiger partial charge in [0.2, 0.25) is 5.91 Å². The lowest BCUT2D eigenvalue weighted by Crippen LogP contribution is -2.38. The molecule has 1 aromatic carbocycles. The van der Waals surface area contributed by atoms with Crippen LogP contribution in [0.5, 0.6) is 0 Å². The minimum absolute atomic E-state index is 0.139. The summed E-state index contributed by atoms with van der Waals surface area (Å²) in [4.78, 5) is 21.7. The van der Waals surface area contributed by atoms with Crippen molar-refractivity contribution < 1.29 is 9.59 Å². The summed E-state index contributed by atoms with van der Waals surface area (Å²) < 4.78 is 0. The number of hydrogen-bond donors (Lipinski definition) is 4. The Morgan fingerprint density at radius 3 is 2.35 bits per heavy atom. The molecule has 6 nitrogen and oxygen atoms in total. The molecule has 1 aromatic rings. The predicted molar refractivity (Wildman–Crippen MR) is 65.5 cm³/mol. The van der Waals surface area contributed by atoms with Crippen LogP contribution in [0.3, 0.4) is 0 Å². The van der Waals surface area contributed by atoms with Crippen LogP contribution in [0, 0.1) is 0 Å². The first-order valence-corrected chi connectivity index (χ1v) is 5.27. The number of amides is 3. The van der Waals surface area contributed by atoms with Gasteiger partial charge in [0.1, 0.15) is 0 Å². The lowest BCUT2D eigenvalue weighted by molar-refractivity contribution is -0.119. The van der Waals surface area contributed by atoms with Crippen molar-refractivity contribution in [2.75, 3.05) is 25.0 Å². The molecule has 0 saturated heterocycles. The minimum Gasteiger partial charge on any atom is -0.376 e. The van der Waals surface area contributed by atoms with E-state index in [0.717, 1.165) is 5.69 Å². The number of primary amides is 1. The van der Waals surface area contributed by atoms with E-state index in [1.807, 2.05) is 30.3 Å². The Hall–Kier alpha value is -2.24. The van der Waals surface area contributed by atoms with Gasteiger partial charge in [0.15, 0.2) is 0 Å². The molecule has 0 radical (unpaired) electrons. The highest BCUT2D eigenvalue weighted by atomic mass is 16.2. The van der Waals surface area contributed by atoms with Gasteiger partial charge in [-0.1, -0.05) is 18.2 Å². The van der Waals surface area contributed by atoms with E-state index in [1.165, 1.54) is 0 Å². The van der Waals surface area contributed by atoms with Crippen LogP contribution in [0.1, 0.15) is 0 Å². The maximum absolute atomic E-state index is 11.3. The molecule has 1 rings (SSSR count). The van der Waals surface area contributed by atoms with Gasteiger partial charge in [0.25, 0.3) is 0 Å². The molecule has 6 heteroatoms. The Kier molecular flexibility index (Phi) is 5.36. The topological polar surface area (TPSA) is 96.2 Å². The number of hydrogen-bond acceptors (Lipinski definition) is 3. The summed E-state index contributed by atoms with van der Waals surface area (Å²) in [5.74, 6) is -0.139. The number of carbonyl (C=O) groups excluding carboxylic acids is 2. The number of benzene rings is 1. The molecule has 0 aliphatic carbocycles. The van der Waals surface area contributed by atoms with Crippen molar-refractivity contribution in [2.24, 2.45) is 5.73 Å². The zero-order valence-corrected chi connectivity index (χ0v) is 9.40. The maximum Gasteiger partial charge on any atom is 0.312 e. The monoisotopic (exact) mass is 236 g/mol. The van der Waals surface area contributed by atoms with Gasteiger partial charge < -0.3 is 21.7 Å². The van der Waals surface area contributed by atoms with Gasteiger partial charge in [-0.15, -0.1) is 0 Å². The number of anilines is 1. The van der Waals surface area contributed by atoms with E-state index >= 15 is 0 Å². The predicted octanol–water partition coefficient (Wildman–Crippen LogP) is -0.117. The summed E-state index contributed by atoms with van der Waals surface area (Å²) in [6, 6.07) is 8.83. The largest absolute Gasteiger partial charge is 0.376 e. The summed E-state index contributed by atoms with van der Waals surface area (Å²) in [5, 5.41) is 7.98. The number of nitrogens with two attached hydrogens (primary N) is 1. The average Bonchev–Trinajstić information content (AvgIpc) is 2.33. The molecule has 0 fully saturated rings. The van der Waals surface area contributed by atoms with E-state index in [1.54, 1.807) is 0 Å². The van der Waals surface area contributed by atoms with Gasteiger partial charge in [-0.3, -0.25) is 4.79 Å². The maximum atomic E-state index is 11.3. The first kappa shape index (κ1) is 12.8. The van der Waals surface area contributed by atoms with Crippen LogP contribution in [0.2, 0.25) is 0 Å². The molecule has 5 N–H and O–H groups in total. The van der Waals surface area contributed by atoms with Gasteiger partial charge in [-0.2, -0.15) is 0 Å². The third-order valence-corrected chi connectivity index (χ3v) is 1.97. The molecule has 0 aromatic heterocycles. The second-order valence-corrected chi connectivity index (χ2v) is 3.36. The molecule has 92 valence electrons. The van der Waals surface area contributed by atoms with Gasteiger partial charge in [-0.25, -0.2) is 4.79 Å². The molecule has 3 amide bonds. The fourth-order valence-corrected chi connectivity index (χ4v) is 1.19. The summed E-state index contributed by atoms with van der Waals surface area (Å²) in [7, 11) is 0. The number of para-hydroxylation sites is 1. The molecule has 0 atom stereocenters. The van der Waals surface area contributed by atoms with Crippen molar-refractivity contribution in [1.29, 1.82) is 0 Å². The van der Waals surface area contributed by atoms with Crippen molar-refractivity contribution in [2.45, 2.75) is 0 Å². The second-order valence-electron chi connectivity index (χ2n) is 3.36. The molecule has 0 aliphatic rings. The van der Waals surface area contributed by atoms with Crippen molar-refractivity contribution in [3.8, 4) is 0 Å². The smallest absolute Gasteiger partial charge is 0.312 e. The standard InChI is InChI=1S/C11H16N4O2/c12-11(17)14-7-6-13-10(16)8-15-9-4-2-1-3-5-9/h1-5,15H,6-8H2,(H,13,16)(H3,12,14,17). The van der Waals surface area contributed by atoms with Crippen molar-refractivity contribution in [3.05, 3.63) is 30.3 Å². The Morgan fingerprint density at radius 1 is 1.06 bits per heavy atom. The Labute approximate surface area is 99.6 Å². The minimum atomic E-state index is -0.596. The van der Waals surface area contributed by atoms with Crippen LogP contribution in [0.15, 0.2) is 30.3 Å². The van der Waals surface area contributed by atoms with E-state index in [9.17, 15) is 9.59 Å². The van der Waals surface area contributed by atoms with Crippen molar-refractivity contribution in [3.63, 3.8) is 0 Å².